The molecule has 1 aromatic carbocycles. The molecule has 2 rings (SSSR count). The molecule has 0 aliphatic carbocycles. The number of alkyl carbamates (subject to hydrolysis) is 1. The highest BCUT2D eigenvalue weighted by molar-refractivity contribution is 5.98. The van der Waals surface area contributed by atoms with Crippen LogP contribution in [-0.2, 0) is 4.74 Å². The lowest BCUT2D eigenvalue weighted by atomic mass is 10.1. The highest BCUT2D eigenvalue weighted by Crippen LogP contribution is 2.24. The lowest BCUT2D eigenvalue weighted by molar-refractivity contribution is 0.0527. The van der Waals surface area contributed by atoms with Gasteiger partial charge in [-0.1, -0.05) is 0 Å². The minimum Gasteiger partial charge on any atom is -0.497 e. The van der Waals surface area contributed by atoms with Gasteiger partial charge in [0.1, 0.15) is 22.7 Å². The van der Waals surface area contributed by atoms with Crippen LogP contribution in [0.3, 0.4) is 0 Å². The number of carboxylic acid groups (broad SMARTS) is 1. The number of nitrogens with one attached hydrogen (secondary N) is 2. The number of rotatable bonds is 7. The molecule has 1 aromatic heterocycles. The SMILES string of the molecule is COc1ccc2cc(C(=O)O)c(NCCCNC(=O)OC(C)(C)C)nc2c1. The van der Waals surface area contributed by atoms with Gasteiger partial charge >= 0.3 is 12.1 Å². The van der Waals surface area contributed by atoms with E-state index in [-0.39, 0.29) is 11.4 Å². The van der Waals surface area contributed by atoms with Crippen LogP contribution in [0.1, 0.15) is 37.6 Å². The molecule has 146 valence electrons. The zero-order valence-electron chi connectivity index (χ0n) is 16.0. The fourth-order valence-corrected chi connectivity index (χ4v) is 2.37. The Morgan fingerprint density at radius 1 is 1.19 bits per heavy atom. The van der Waals surface area contributed by atoms with E-state index in [0.717, 1.165) is 0 Å². The molecule has 0 radical (unpaired) electrons. The number of ether oxygens (including phenoxy) is 2. The van der Waals surface area contributed by atoms with Crippen LogP contribution in [0.25, 0.3) is 10.9 Å². The fourth-order valence-electron chi connectivity index (χ4n) is 2.37. The summed E-state index contributed by atoms with van der Waals surface area (Å²) in [4.78, 5) is 27.5. The van der Waals surface area contributed by atoms with Gasteiger partial charge in [-0.15, -0.1) is 0 Å². The maximum absolute atomic E-state index is 11.6. The maximum atomic E-state index is 11.6. The third-order valence-electron chi connectivity index (χ3n) is 3.57. The molecule has 0 fully saturated rings. The molecule has 0 aliphatic rings. The molecule has 1 amide bonds. The lowest BCUT2D eigenvalue weighted by Gasteiger charge is -2.19. The second kappa shape index (κ2) is 8.57. The van der Waals surface area contributed by atoms with Gasteiger partial charge in [0.2, 0.25) is 0 Å². The number of aromatic nitrogens is 1. The summed E-state index contributed by atoms with van der Waals surface area (Å²) >= 11 is 0. The molecular formula is C19H25N3O5. The smallest absolute Gasteiger partial charge is 0.407 e. The molecule has 3 N–H and O–H groups in total. The number of hydrogen-bond acceptors (Lipinski definition) is 6. The van der Waals surface area contributed by atoms with Gasteiger partial charge in [0.25, 0.3) is 0 Å². The third kappa shape index (κ3) is 6.02. The van der Waals surface area contributed by atoms with E-state index in [9.17, 15) is 14.7 Å². The molecule has 1 heterocycles. The first kappa shape index (κ1) is 20.3. The van der Waals surface area contributed by atoms with E-state index in [2.05, 4.69) is 15.6 Å². The van der Waals surface area contributed by atoms with Crippen molar-refractivity contribution >= 4 is 28.8 Å². The Hall–Kier alpha value is -3.03. The van der Waals surface area contributed by atoms with Crippen molar-refractivity contribution in [1.82, 2.24) is 10.3 Å². The molecule has 8 heteroatoms. The number of aromatic carboxylic acids is 1. The standard InChI is InChI=1S/C19H25N3O5/c1-19(2,3)27-18(25)21-9-5-8-20-16-14(17(23)24)10-12-6-7-13(26-4)11-15(12)22-16/h6-7,10-11H,5,8-9H2,1-4H3,(H,20,22)(H,21,25)(H,23,24). The predicted molar refractivity (Wildman–Crippen MR) is 103 cm³/mol. The quantitative estimate of drug-likeness (QED) is 0.637. The maximum Gasteiger partial charge on any atom is 0.407 e. The molecule has 27 heavy (non-hydrogen) atoms. The first-order valence-electron chi connectivity index (χ1n) is 8.62. The monoisotopic (exact) mass is 375 g/mol. The van der Waals surface area contributed by atoms with Crippen LogP contribution in [0, 0.1) is 0 Å². The van der Waals surface area contributed by atoms with Crippen LogP contribution in [0.15, 0.2) is 24.3 Å². The summed E-state index contributed by atoms with van der Waals surface area (Å²) in [6, 6.07) is 6.84. The number of carbonyl (C=O) groups is 2. The normalized spacial score (nSPS) is 11.1. The van der Waals surface area contributed by atoms with Crippen molar-refractivity contribution in [2.75, 3.05) is 25.5 Å². The van der Waals surface area contributed by atoms with E-state index in [0.29, 0.717) is 36.2 Å². The molecule has 0 saturated carbocycles. The second-order valence-corrected chi connectivity index (χ2v) is 6.96. The summed E-state index contributed by atoms with van der Waals surface area (Å²) in [6.45, 7) is 6.22. The van der Waals surface area contributed by atoms with E-state index in [4.69, 9.17) is 9.47 Å². The second-order valence-electron chi connectivity index (χ2n) is 6.96. The molecule has 0 aliphatic heterocycles. The summed E-state index contributed by atoms with van der Waals surface area (Å²) in [5, 5.41) is 15.8. The average molecular weight is 375 g/mol. The van der Waals surface area contributed by atoms with Crippen molar-refractivity contribution in [3.8, 4) is 5.75 Å². The Balaban J connectivity index is 1.99. The van der Waals surface area contributed by atoms with Crippen LogP contribution in [0.5, 0.6) is 5.75 Å². The molecule has 0 bridgehead atoms. The highest BCUT2D eigenvalue weighted by Gasteiger charge is 2.16. The third-order valence-corrected chi connectivity index (χ3v) is 3.57. The average Bonchev–Trinajstić information content (AvgIpc) is 2.58. The van der Waals surface area contributed by atoms with Crippen molar-refractivity contribution in [3.05, 3.63) is 29.8 Å². The number of benzene rings is 1. The van der Waals surface area contributed by atoms with Gasteiger partial charge in [-0.2, -0.15) is 0 Å². The Kier molecular flexibility index (Phi) is 6.44. The van der Waals surface area contributed by atoms with E-state index < -0.39 is 17.7 Å². The van der Waals surface area contributed by atoms with Gasteiger partial charge in [-0.05, 0) is 45.4 Å². The molecule has 0 saturated heterocycles. The lowest BCUT2D eigenvalue weighted by Crippen LogP contribution is -2.33. The summed E-state index contributed by atoms with van der Waals surface area (Å²) in [7, 11) is 1.56. The zero-order valence-corrected chi connectivity index (χ0v) is 16.0. The van der Waals surface area contributed by atoms with E-state index in [1.54, 1.807) is 52.1 Å². The number of amides is 1. The van der Waals surface area contributed by atoms with Gasteiger partial charge in [0, 0.05) is 24.5 Å². The molecule has 0 spiro atoms. The summed E-state index contributed by atoms with van der Waals surface area (Å²) in [6.07, 6.45) is 0.0977. The Morgan fingerprint density at radius 3 is 2.56 bits per heavy atom. The van der Waals surface area contributed by atoms with E-state index >= 15 is 0 Å². The van der Waals surface area contributed by atoms with Crippen LogP contribution in [-0.4, -0.2) is 48.0 Å². The van der Waals surface area contributed by atoms with Crippen molar-refractivity contribution < 1.29 is 24.2 Å². The number of anilines is 1. The van der Waals surface area contributed by atoms with Crippen LogP contribution < -0.4 is 15.4 Å². The number of carbonyl (C=O) groups excluding carboxylic acids is 1. The van der Waals surface area contributed by atoms with Gasteiger partial charge in [-0.3, -0.25) is 0 Å². The number of fused-ring (bicyclic) bond motifs is 1. The van der Waals surface area contributed by atoms with Gasteiger partial charge in [-0.25, -0.2) is 14.6 Å². The van der Waals surface area contributed by atoms with E-state index in [1.165, 1.54) is 0 Å². The van der Waals surface area contributed by atoms with Crippen LogP contribution in [0.4, 0.5) is 10.6 Å². The summed E-state index contributed by atoms with van der Waals surface area (Å²) in [5.74, 6) is -0.138. The first-order chi connectivity index (χ1) is 12.7. The number of pyridine rings is 1. The van der Waals surface area contributed by atoms with Gasteiger partial charge in [0.05, 0.1) is 12.6 Å². The molecular weight excluding hydrogens is 350 g/mol. The van der Waals surface area contributed by atoms with Crippen molar-refractivity contribution in [2.24, 2.45) is 0 Å². The Labute approximate surface area is 157 Å². The Morgan fingerprint density at radius 2 is 1.93 bits per heavy atom. The minimum atomic E-state index is -1.06. The van der Waals surface area contributed by atoms with Crippen molar-refractivity contribution in [2.45, 2.75) is 32.8 Å². The molecule has 0 atom stereocenters. The highest BCUT2D eigenvalue weighted by atomic mass is 16.6. The number of methoxy groups -OCH3 is 1. The topological polar surface area (TPSA) is 110 Å². The zero-order chi connectivity index (χ0) is 20.0. The largest absolute Gasteiger partial charge is 0.497 e. The number of nitrogens with zero attached hydrogens (tertiary/aromatic N) is 1. The predicted octanol–water partition coefficient (Wildman–Crippen LogP) is 3.27. The fraction of sp³-hybridized carbons (Fsp3) is 0.421. The minimum absolute atomic E-state index is 0.0905. The number of carboxylic acids is 1. The molecule has 2 aromatic rings. The Bertz CT molecular complexity index is 830. The summed E-state index contributed by atoms with van der Waals surface area (Å²) in [5.41, 5.74) is 0.177. The molecule has 0 unspecified atom stereocenters. The van der Waals surface area contributed by atoms with Crippen molar-refractivity contribution in [1.29, 1.82) is 0 Å². The summed E-state index contributed by atoms with van der Waals surface area (Å²) < 4.78 is 10.3. The van der Waals surface area contributed by atoms with Gasteiger partial charge in [0.15, 0.2) is 0 Å². The van der Waals surface area contributed by atoms with E-state index in [1.807, 2.05) is 0 Å². The van der Waals surface area contributed by atoms with Gasteiger partial charge < -0.3 is 25.2 Å². The first-order valence-corrected chi connectivity index (χ1v) is 8.62. The number of hydrogen-bond donors (Lipinski definition) is 3. The van der Waals surface area contributed by atoms with Crippen LogP contribution >= 0.6 is 0 Å². The van der Waals surface area contributed by atoms with Crippen LogP contribution in [0.2, 0.25) is 0 Å². The molecule has 8 nitrogen and oxygen atoms in total. The van der Waals surface area contributed by atoms with Crippen molar-refractivity contribution in [3.63, 3.8) is 0 Å².